The number of rotatable bonds is 3. The lowest BCUT2D eigenvalue weighted by Gasteiger charge is -2.06. The van der Waals surface area contributed by atoms with Gasteiger partial charge in [0.2, 0.25) is 12.2 Å². The van der Waals surface area contributed by atoms with E-state index in [4.69, 9.17) is 0 Å². The van der Waals surface area contributed by atoms with Crippen molar-refractivity contribution in [3.05, 3.63) is 34.9 Å². The van der Waals surface area contributed by atoms with Crippen LogP contribution in [0, 0.1) is 0 Å². The molecule has 0 bridgehead atoms. The second-order valence-corrected chi connectivity index (χ2v) is 3.21. The van der Waals surface area contributed by atoms with Gasteiger partial charge in [-0.25, -0.2) is 9.59 Å². The van der Waals surface area contributed by atoms with E-state index in [1.807, 2.05) is 0 Å². The van der Waals surface area contributed by atoms with Crippen molar-refractivity contribution in [2.45, 2.75) is 13.3 Å². The van der Waals surface area contributed by atoms with Crippen molar-refractivity contribution in [1.29, 1.82) is 0 Å². The van der Waals surface area contributed by atoms with E-state index in [-0.39, 0.29) is 11.1 Å². The minimum Gasteiger partial charge on any atom is -0.266 e. The van der Waals surface area contributed by atoms with Crippen LogP contribution >= 0.6 is 0 Å². The summed E-state index contributed by atoms with van der Waals surface area (Å²) in [6.45, 7) is 1.77. The Hall–Kier alpha value is -2.68. The summed E-state index contributed by atoms with van der Waals surface area (Å²) in [4.78, 5) is 49.2. The smallest absolute Gasteiger partial charge is 0.266 e. The fourth-order valence-electron chi connectivity index (χ4n) is 1.52. The van der Waals surface area contributed by atoms with Crippen molar-refractivity contribution in [3.63, 3.8) is 0 Å². The Bertz CT molecular complexity index is 594. The van der Waals surface area contributed by atoms with Gasteiger partial charge in [0.05, 0.1) is 11.1 Å². The first-order valence-corrected chi connectivity index (χ1v) is 5.02. The van der Waals surface area contributed by atoms with E-state index in [2.05, 4.69) is 9.98 Å². The maximum Gasteiger partial charge on any atom is 0.288 e. The van der Waals surface area contributed by atoms with Gasteiger partial charge < -0.3 is 0 Å². The first kappa shape index (κ1) is 13.4. The Morgan fingerprint density at radius 3 is 2.28 bits per heavy atom. The Balaban J connectivity index is 3.51. The first-order valence-electron chi connectivity index (χ1n) is 5.02. The van der Waals surface area contributed by atoms with Crippen molar-refractivity contribution in [3.8, 4) is 0 Å². The van der Waals surface area contributed by atoms with Crippen LogP contribution in [-0.4, -0.2) is 24.0 Å². The molecule has 0 aliphatic carbocycles. The molecule has 0 spiro atoms. The Labute approximate surface area is 102 Å². The van der Waals surface area contributed by atoms with Crippen molar-refractivity contribution in [2.75, 3.05) is 0 Å². The van der Waals surface area contributed by atoms with E-state index >= 15 is 0 Å². The summed E-state index contributed by atoms with van der Waals surface area (Å²) >= 11 is 0. The third kappa shape index (κ3) is 2.71. The van der Waals surface area contributed by atoms with Crippen LogP contribution in [0.1, 0.15) is 33.2 Å². The molecular weight excluding hydrogens is 236 g/mol. The van der Waals surface area contributed by atoms with Crippen molar-refractivity contribution < 1.29 is 19.2 Å². The summed E-state index contributed by atoms with van der Waals surface area (Å²) in [5, 5.41) is 0. The topological polar surface area (TPSA) is 93.0 Å². The summed E-state index contributed by atoms with van der Waals surface area (Å²) in [6.07, 6.45) is 2.69. The molecule has 0 aliphatic rings. The molecule has 0 heterocycles. The normalized spacial score (nSPS) is 8.94. The molecule has 0 atom stereocenters. The summed E-state index contributed by atoms with van der Waals surface area (Å²) in [5.41, 5.74) is 0.417. The lowest BCUT2D eigenvalue weighted by molar-refractivity contribution is 0.0969. The van der Waals surface area contributed by atoms with Gasteiger partial charge in [0.15, 0.2) is 0 Å². The van der Waals surface area contributed by atoms with Gasteiger partial charge in [-0.2, -0.15) is 0 Å². The molecule has 0 saturated carbocycles. The molecule has 0 aliphatic heterocycles. The van der Waals surface area contributed by atoms with Crippen molar-refractivity contribution in [1.82, 2.24) is 0 Å². The molecule has 18 heavy (non-hydrogen) atoms. The van der Waals surface area contributed by atoms with E-state index in [9.17, 15) is 19.2 Å². The van der Waals surface area contributed by atoms with Gasteiger partial charge in [0.25, 0.3) is 11.8 Å². The molecule has 0 N–H and O–H groups in total. The van der Waals surface area contributed by atoms with Crippen LogP contribution in [0.15, 0.2) is 28.2 Å². The molecular formula is C12H8N2O4. The van der Waals surface area contributed by atoms with Crippen LogP contribution < -0.4 is 0 Å². The highest BCUT2D eigenvalue weighted by Crippen LogP contribution is 2.18. The highest BCUT2D eigenvalue weighted by Gasteiger charge is 2.19. The van der Waals surface area contributed by atoms with E-state index in [0.29, 0.717) is 12.0 Å². The predicted molar refractivity (Wildman–Crippen MR) is 60.7 cm³/mol. The molecule has 0 aromatic heterocycles. The second-order valence-electron chi connectivity index (χ2n) is 3.21. The number of carbonyl (C=O) groups excluding carboxylic acids is 4. The van der Waals surface area contributed by atoms with E-state index in [0.717, 1.165) is 12.2 Å². The monoisotopic (exact) mass is 244 g/mol. The number of aliphatic imine (C=N–C) groups is 2. The Morgan fingerprint density at radius 2 is 1.72 bits per heavy atom. The standard InChI is InChI=1S/C12H8N2O4/c1-2-8-4-3-5-9(11(17)13-6-15)10(8)12(18)14-7-16/h3-5H,2H2,1H3. The molecule has 6 heteroatoms. The molecule has 6 nitrogen and oxygen atoms in total. The number of aryl methyl sites for hydroxylation is 1. The van der Waals surface area contributed by atoms with E-state index in [1.165, 1.54) is 6.07 Å². The quantitative estimate of drug-likeness (QED) is 0.589. The maximum absolute atomic E-state index is 11.6. The third-order valence-electron chi connectivity index (χ3n) is 2.27. The summed E-state index contributed by atoms with van der Waals surface area (Å²) in [5.74, 6) is -1.78. The average Bonchev–Trinajstić information content (AvgIpc) is 2.38. The Kier molecular flexibility index (Phi) is 4.58. The lowest BCUT2D eigenvalue weighted by atomic mass is 9.98. The SMILES string of the molecule is CCc1cccc(C(=O)N=C=O)c1C(=O)N=C=O. The molecule has 2 amide bonds. The summed E-state index contributed by atoms with van der Waals surface area (Å²) in [7, 11) is 0. The Morgan fingerprint density at radius 1 is 1.11 bits per heavy atom. The van der Waals surface area contributed by atoms with Crippen LogP contribution in [0.3, 0.4) is 0 Å². The number of nitrogens with zero attached hydrogens (tertiary/aromatic N) is 2. The number of carbonyl (C=O) groups is 2. The van der Waals surface area contributed by atoms with Crippen molar-refractivity contribution in [2.24, 2.45) is 9.98 Å². The number of benzene rings is 1. The van der Waals surface area contributed by atoms with Crippen LogP contribution in [-0.2, 0) is 16.0 Å². The zero-order chi connectivity index (χ0) is 13.5. The molecule has 0 unspecified atom stereocenters. The van der Waals surface area contributed by atoms with Gasteiger partial charge in [0, 0.05) is 0 Å². The fourth-order valence-corrected chi connectivity index (χ4v) is 1.52. The fraction of sp³-hybridized carbons (Fsp3) is 0.167. The van der Waals surface area contributed by atoms with Gasteiger partial charge in [-0.15, -0.1) is 9.98 Å². The van der Waals surface area contributed by atoms with Gasteiger partial charge >= 0.3 is 0 Å². The zero-order valence-electron chi connectivity index (χ0n) is 9.47. The van der Waals surface area contributed by atoms with Crippen LogP contribution in [0.5, 0.6) is 0 Å². The molecule has 1 aromatic rings. The molecule has 90 valence electrons. The van der Waals surface area contributed by atoms with Crippen LogP contribution in [0.25, 0.3) is 0 Å². The van der Waals surface area contributed by atoms with E-state index < -0.39 is 11.8 Å². The predicted octanol–water partition coefficient (Wildman–Crippen LogP) is 1.20. The van der Waals surface area contributed by atoms with Crippen molar-refractivity contribution >= 4 is 24.0 Å². The molecule has 0 fully saturated rings. The van der Waals surface area contributed by atoms with Gasteiger partial charge in [0.1, 0.15) is 0 Å². The first-order chi connectivity index (χ1) is 8.65. The zero-order valence-corrected chi connectivity index (χ0v) is 9.47. The third-order valence-corrected chi connectivity index (χ3v) is 2.27. The minimum absolute atomic E-state index is 0.0349. The van der Waals surface area contributed by atoms with E-state index in [1.54, 1.807) is 19.1 Å². The lowest BCUT2D eigenvalue weighted by Crippen LogP contribution is -2.09. The number of hydrogen-bond acceptors (Lipinski definition) is 4. The van der Waals surface area contributed by atoms with Gasteiger partial charge in [-0.05, 0) is 18.1 Å². The summed E-state index contributed by atoms with van der Waals surface area (Å²) in [6, 6.07) is 4.50. The molecule has 1 rings (SSSR count). The number of isocyanates is 2. The average molecular weight is 244 g/mol. The highest BCUT2D eigenvalue weighted by atomic mass is 16.2. The second kappa shape index (κ2) is 6.15. The van der Waals surface area contributed by atoms with Gasteiger partial charge in [-0.3, -0.25) is 9.59 Å². The summed E-state index contributed by atoms with van der Waals surface area (Å²) < 4.78 is 0. The largest absolute Gasteiger partial charge is 0.288 e. The molecule has 1 aromatic carbocycles. The highest BCUT2D eigenvalue weighted by molar-refractivity contribution is 6.10. The van der Waals surface area contributed by atoms with Crippen LogP contribution in [0.4, 0.5) is 0 Å². The molecule has 0 saturated heterocycles. The number of hydrogen-bond donors (Lipinski definition) is 0. The van der Waals surface area contributed by atoms with Gasteiger partial charge in [-0.1, -0.05) is 19.1 Å². The number of amides is 2. The van der Waals surface area contributed by atoms with Crippen LogP contribution in [0.2, 0.25) is 0 Å². The molecule has 0 radical (unpaired) electrons. The maximum atomic E-state index is 11.6. The minimum atomic E-state index is -0.898.